The molecule has 0 radical (unpaired) electrons. The number of ether oxygens (including phenoxy) is 8. The molecule has 43 heteroatoms. The number of urea groups is 1. The summed E-state index contributed by atoms with van der Waals surface area (Å²) in [5, 5.41) is 40.6. The molecule has 0 aromatic heterocycles. The average molecular weight is 1600 g/mol. The summed E-state index contributed by atoms with van der Waals surface area (Å²) in [5.74, 6) is -2.91. The van der Waals surface area contributed by atoms with E-state index in [9.17, 15) is 82.6 Å². The minimum atomic E-state index is -4.45. The Balaban J connectivity index is 1.34. The maximum absolute atomic E-state index is 14.2. The van der Waals surface area contributed by atoms with Crippen molar-refractivity contribution >= 4 is 124 Å². The Kier molecular flexibility index (Phi) is 31.9. The second kappa shape index (κ2) is 39.4. The zero-order valence-electron chi connectivity index (χ0n) is 58.0. The number of amides is 2. The van der Waals surface area contributed by atoms with Crippen LogP contribution in [0.3, 0.4) is 0 Å². The van der Waals surface area contributed by atoms with Crippen molar-refractivity contribution < 1.29 is 121 Å². The maximum Gasteiger partial charge on any atom is 0.323 e. The molecule has 2 amide bonds. The van der Waals surface area contributed by atoms with E-state index in [0.717, 1.165) is 0 Å². The molecule has 0 spiro atoms. The van der Waals surface area contributed by atoms with Gasteiger partial charge in [-0.25, -0.2) is 4.79 Å². The minimum Gasteiger partial charge on any atom is -0.494 e. The van der Waals surface area contributed by atoms with Gasteiger partial charge < -0.3 is 48.5 Å². The first-order valence-corrected chi connectivity index (χ1v) is 41.7. The quantitative estimate of drug-likeness (QED) is 0.0100. The normalized spacial score (nSPS) is 12.5. The molecule has 0 fully saturated rings. The van der Waals surface area contributed by atoms with Gasteiger partial charge >= 0.3 is 6.03 Å². The van der Waals surface area contributed by atoms with Gasteiger partial charge in [-0.05, 0) is 151 Å². The van der Waals surface area contributed by atoms with E-state index in [1.54, 1.807) is 53.7 Å². The smallest absolute Gasteiger partial charge is 0.323 e. The molecule has 106 heavy (non-hydrogen) atoms. The summed E-state index contributed by atoms with van der Waals surface area (Å²) in [5.41, 5.74) is 2.71. The number of benzene rings is 6. The number of aryl methyl sites for hydroxylation is 4. The van der Waals surface area contributed by atoms with Crippen molar-refractivity contribution in [3.05, 3.63) is 107 Å². The summed E-state index contributed by atoms with van der Waals surface area (Å²) in [4.78, 5) is 14.2. The minimum absolute atomic E-state index is 0.00549. The molecule has 580 valence electrons. The number of anilines is 2. The second-order valence-corrected chi connectivity index (χ2v) is 32.3. The van der Waals surface area contributed by atoms with Crippen LogP contribution in [-0.4, -0.2) is 171 Å². The molecule has 0 atom stereocenters. The average Bonchev–Trinajstić information content (AvgIpc) is 0.821. The molecule has 6 aromatic carbocycles. The number of nitrogens with zero attached hydrogens (tertiary/aromatic N) is 8. The van der Waals surface area contributed by atoms with Gasteiger partial charge in [0.05, 0.1) is 121 Å². The second-order valence-electron chi connectivity index (χ2n) is 22.9. The molecule has 0 saturated heterocycles. The molecule has 0 aliphatic rings. The van der Waals surface area contributed by atoms with Crippen molar-refractivity contribution in [2.24, 2.45) is 40.9 Å². The number of azo groups is 4. The molecule has 6 aromatic rings. The zero-order valence-corrected chi connectivity index (χ0v) is 62.9. The number of hydrogen-bond donors (Lipinski definition) is 8. The van der Waals surface area contributed by atoms with Gasteiger partial charge in [-0.2, -0.15) is 71.0 Å². The van der Waals surface area contributed by atoms with Crippen LogP contribution >= 0.6 is 0 Å². The van der Waals surface area contributed by atoms with Gasteiger partial charge in [0.2, 0.25) is 0 Å². The predicted molar refractivity (Wildman–Crippen MR) is 388 cm³/mol. The molecule has 0 aliphatic carbocycles. The van der Waals surface area contributed by atoms with Gasteiger partial charge in [0.15, 0.2) is 0 Å². The Labute approximate surface area is 612 Å². The number of carbonyl (C=O) groups is 1. The molecular weight excluding hydrogens is 1520 g/mol. The van der Waals surface area contributed by atoms with E-state index in [0.29, 0.717) is 47.0 Å². The van der Waals surface area contributed by atoms with E-state index in [1.165, 1.54) is 72.8 Å². The highest BCUT2D eigenvalue weighted by Gasteiger charge is 2.21. The topological polar surface area (TPSA) is 540 Å². The summed E-state index contributed by atoms with van der Waals surface area (Å²) in [7, 11) is -26.2. The predicted octanol–water partition coefficient (Wildman–Crippen LogP) is 13.0. The standard InChI is InChI=1S/C63H80N10O27S6/c1-7-93-45-15-17-47(57(35-45)95-19-9-25-101(75,76)77)66-68-51-39-61(99-23-13-29-105(87,88)89)55(33-43(51)5)72-70-49-37-59(97-21-11-27-103(81,82)83)53(31-41(49)3)64-63(74)65-54-32-42(4)50(38-60(54)98-22-12-28-104(84,85)86)71-73-56-34-44(6)52(40-62(56)100-24-14-30-106(90,91)92)69-67-48-18-16-46(94-8-2)36-58(48)96-20-10-26-102(78,79)80/h15-18,31-40H,7-14,19-30H2,1-6H3,(H2,64,65,74)(H,75,76,77)(H,78,79,80)(H,81,82,83)(H,84,85,86)(H,87,88,89)(H,90,91,92). The van der Waals surface area contributed by atoms with Crippen molar-refractivity contribution in [3.8, 4) is 46.0 Å². The van der Waals surface area contributed by atoms with Crippen molar-refractivity contribution in [2.45, 2.75) is 80.1 Å². The Hall–Kier alpha value is -9.15. The van der Waals surface area contributed by atoms with E-state index in [1.807, 2.05) is 0 Å². The Bertz CT molecular complexity index is 4630. The lowest BCUT2D eigenvalue weighted by Gasteiger charge is -2.17. The van der Waals surface area contributed by atoms with E-state index >= 15 is 0 Å². The van der Waals surface area contributed by atoms with Crippen molar-refractivity contribution in [2.75, 3.05) is 98.0 Å². The van der Waals surface area contributed by atoms with E-state index < -0.39 is 101 Å². The molecule has 8 N–H and O–H groups in total. The number of nitrogens with one attached hydrogen (secondary N) is 2. The van der Waals surface area contributed by atoms with Gasteiger partial charge in [-0.1, -0.05) is 0 Å². The molecule has 0 unspecified atom stereocenters. The highest BCUT2D eigenvalue weighted by molar-refractivity contribution is 7.87. The first-order valence-electron chi connectivity index (χ1n) is 32.1. The summed E-state index contributed by atoms with van der Waals surface area (Å²) in [6, 6.07) is 19.8. The van der Waals surface area contributed by atoms with Crippen LogP contribution in [-0.2, 0) is 60.7 Å². The van der Waals surface area contributed by atoms with Crippen LogP contribution in [0.2, 0.25) is 0 Å². The van der Waals surface area contributed by atoms with Gasteiger partial charge in [-0.3, -0.25) is 27.3 Å². The lowest BCUT2D eigenvalue weighted by molar-refractivity contribution is 0.261. The molecule has 0 aliphatic heterocycles. The summed E-state index contributed by atoms with van der Waals surface area (Å²) >= 11 is 0. The van der Waals surface area contributed by atoms with Crippen LogP contribution < -0.4 is 48.5 Å². The van der Waals surface area contributed by atoms with Crippen molar-refractivity contribution in [1.29, 1.82) is 0 Å². The van der Waals surface area contributed by atoms with E-state index in [-0.39, 0.29) is 170 Å². The first kappa shape index (κ1) is 85.8. The largest absolute Gasteiger partial charge is 0.494 e. The summed E-state index contributed by atoms with van der Waals surface area (Å²) < 4.78 is 241. The zero-order chi connectivity index (χ0) is 78.0. The van der Waals surface area contributed by atoms with Gasteiger partial charge in [0, 0.05) is 36.4 Å². The fraction of sp³-hybridized carbons (Fsp3) is 0.413. The maximum atomic E-state index is 14.2. The Morgan fingerprint density at radius 1 is 0.302 bits per heavy atom. The third-order valence-corrected chi connectivity index (χ3v) is 18.8. The summed E-state index contributed by atoms with van der Waals surface area (Å²) in [6.45, 7) is 9.15. The highest BCUT2D eigenvalue weighted by Crippen LogP contribution is 2.43. The molecule has 0 bridgehead atoms. The van der Waals surface area contributed by atoms with Crippen LogP contribution in [0.5, 0.6) is 46.0 Å². The fourth-order valence-corrected chi connectivity index (χ4v) is 12.0. The highest BCUT2D eigenvalue weighted by atomic mass is 32.2. The van der Waals surface area contributed by atoms with Gasteiger partial charge in [-0.15, -0.1) is 20.5 Å². The Morgan fingerprint density at radius 3 is 0.792 bits per heavy atom. The molecule has 37 nitrogen and oxygen atoms in total. The molecule has 6 rings (SSSR count). The van der Waals surface area contributed by atoms with Crippen molar-refractivity contribution in [1.82, 2.24) is 0 Å². The molecule has 0 heterocycles. The SMILES string of the molecule is CCOc1ccc(N=Nc2cc(OCCCS(=O)(=O)O)c(N=Nc3cc(OCCCS(=O)(=O)O)c(NC(=O)Nc4cc(C)c(N=Nc5cc(C)c(N=Nc6ccc(OCC)cc6OCCCS(=O)(=O)O)cc5OCCCS(=O)(=O)O)cc4OCCCS(=O)(=O)O)cc3C)cc2C)c(OCCCS(=O)(=O)O)c1. The van der Waals surface area contributed by atoms with Crippen LogP contribution in [0.4, 0.5) is 61.7 Å². The number of carbonyl (C=O) groups excluding carboxylic acids is 1. The van der Waals surface area contributed by atoms with E-state index in [2.05, 4.69) is 51.5 Å². The molecule has 0 saturated carbocycles. The monoisotopic (exact) mass is 1600 g/mol. The van der Waals surface area contributed by atoms with Gasteiger partial charge in [0.1, 0.15) is 68.7 Å². The lowest BCUT2D eigenvalue weighted by atomic mass is 10.1. The third kappa shape index (κ3) is 31.5. The van der Waals surface area contributed by atoms with Crippen LogP contribution in [0, 0.1) is 27.7 Å². The van der Waals surface area contributed by atoms with Crippen molar-refractivity contribution in [3.63, 3.8) is 0 Å². The lowest BCUT2D eigenvalue weighted by Crippen LogP contribution is -2.21. The van der Waals surface area contributed by atoms with Crippen LogP contribution in [0.15, 0.2) is 126 Å². The Morgan fingerprint density at radius 2 is 0.528 bits per heavy atom. The van der Waals surface area contributed by atoms with E-state index in [4.69, 9.17) is 37.9 Å². The summed E-state index contributed by atoms with van der Waals surface area (Å²) in [6.07, 6.45) is -0.935. The number of rotatable bonds is 44. The fourth-order valence-electron chi connectivity index (χ4n) is 9.08. The van der Waals surface area contributed by atoms with Gasteiger partial charge in [0.25, 0.3) is 60.7 Å². The molecular formula is C63H80N10O27S6. The third-order valence-electron chi connectivity index (χ3n) is 14.0. The van der Waals surface area contributed by atoms with Crippen LogP contribution in [0.25, 0.3) is 0 Å². The van der Waals surface area contributed by atoms with Crippen LogP contribution in [0.1, 0.15) is 74.6 Å². The first-order chi connectivity index (χ1) is 49.7. The number of hydrogen-bond acceptors (Lipinski definition) is 29.